The number of phenols is 1. The summed E-state index contributed by atoms with van der Waals surface area (Å²) < 4.78 is 29.4. The van der Waals surface area contributed by atoms with Crippen molar-refractivity contribution < 1.29 is 28.5 Å². The molecule has 7 nitrogen and oxygen atoms in total. The number of nitrogens with zero attached hydrogens (tertiary/aromatic N) is 1. The van der Waals surface area contributed by atoms with E-state index >= 15 is 0 Å². The Labute approximate surface area is 189 Å². The Bertz CT molecular complexity index is 1270. The maximum absolute atomic E-state index is 13.0. The van der Waals surface area contributed by atoms with Crippen LogP contribution in [0.2, 0.25) is 0 Å². The molecule has 0 saturated carbocycles. The number of esters is 1. The first kappa shape index (κ1) is 21.9. The first-order valence-corrected chi connectivity index (χ1v) is 10.1. The van der Waals surface area contributed by atoms with Crippen molar-refractivity contribution >= 4 is 5.97 Å². The van der Waals surface area contributed by atoms with Gasteiger partial charge in [0.1, 0.15) is 35.4 Å². The zero-order chi connectivity index (χ0) is 23.4. The number of methoxy groups -OCH3 is 1. The summed E-state index contributed by atoms with van der Waals surface area (Å²) in [6.07, 6.45) is 0. The fraction of sp³-hybridized carbons (Fsp3) is 0.120. The number of hydrogen-bond donors (Lipinski definition) is 2. The summed E-state index contributed by atoms with van der Waals surface area (Å²) in [6, 6.07) is 17.4. The first-order chi connectivity index (χ1) is 15.9. The van der Waals surface area contributed by atoms with Gasteiger partial charge in [0.25, 0.3) is 0 Å². The van der Waals surface area contributed by atoms with Gasteiger partial charge in [-0.2, -0.15) is 5.10 Å². The standard InChI is InChI=1S/C25H21FN2O5/c1-15-24(33-19-9-5-17(6-10-19)25(30)31-2)23(28-27-15)21-12-11-20(13-22(21)29)32-14-16-3-7-18(26)8-4-16/h3-13,29H,14H2,1-2H3,(H,27,28). The summed E-state index contributed by atoms with van der Waals surface area (Å²) in [5.41, 5.74) is 2.75. The molecule has 0 radical (unpaired) electrons. The predicted octanol–water partition coefficient (Wildman–Crippen LogP) is 5.39. The van der Waals surface area contributed by atoms with Gasteiger partial charge in [-0.1, -0.05) is 12.1 Å². The van der Waals surface area contributed by atoms with E-state index in [0.29, 0.717) is 39.8 Å². The Morgan fingerprint density at radius 1 is 1.03 bits per heavy atom. The lowest BCUT2D eigenvalue weighted by Crippen LogP contribution is -2.00. The van der Waals surface area contributed by atoms with Gasteiger partial charge in [0, 0.05) is 11.6 Å². The lowest BCUT2D eigenvalue weighted by atomic mass is 10.1. The smallest absolute Gasteiger partial charge is 0.337 e. The molecule has 0 bridgehead atoms. The molecule has 1 aromatic heterocycles. The molecular formula is C25H21FN2O5. The molecule has 0 unspecified atom stereocenters. The molecule has 4 rings (SSSR count). The number of carbonyl (C=O) groups excluding carboxylic acids is 1. The summed E-state index contributed by atoms with van der Waals surface area (Å²) in [7, 11) is 1.32. The van der Waals surface area contributed by atoms with E-state index in [-0.39, 0.29) is 18.2 Å². The van der Waals surface area contributed by atoms with E-state index in [9.17, 15) is 14.3 Å². The van der Waals surface area contributed by atoms with Crippen LogP contribution in [0.3, 0.4) is 0 Å². The predicted molar refractivity (Wildman–Crippen MR) is 119 cm³/mol. The Kier molecular flexibility index (Phi) is 6.26. The van der Waals surface area contributed by atoms with Crippen molar-refractivity contribution in [3.05, 3.63) is 89.4 Å². The molecule has 2 N–H and O–H groups in total. The minimum Gasteiger partial charge on any atom is -0.507 e. The van der Waals surface area contributed by atoms with Crippen LogP contribution in [0.25, 0.3) is 11.3 Å². The van der Waals surface area contributed by atoms with Crippen molar-refractivity contribution in [1.29, 1.82) is 0 Å². The van der Waals surface area contributed by atoms with E-state index in [1.807, 2.05) is 0 Å². The molecule has 0 atom stereocenters. The minimum atomic E-state index is -0.437. The quantitative estimate of drug-likeness (QED) is 0.368. The number of nitrogens with one attached hydrogen (secondary N) is 1. The largest absolute Gasteiger partial charge is 0.507 e. The molecule has 4 aromatic rings. The van der Waals surface area contributed by atoms with Crippen LogP contribution in [0, 0.1) is 12.7 Å². The Balaban J connectivity index is 1.52. The van der Waals surface area contributed by atoms with Gasteiger partial charge in [0.2, 0.25) is 0 Å². The number of aromatic amines is 1. The van der Waals surface area contributed by atoms with Crippen LogP contribution in [0.1, 0.15) is 21.6 Å². The van der Waals surface area contributed by atoms with E-state index in [2.05, 4.69) is 10.2 Å². The molecule has 0 amide bonds. The Morgan fingerprint density at radius 3 is 2.39 bits per heavy atom. The van der Waals surface area contributed by atoms with Crippen LogP contribution in [0.4, 0.5) is 4.39 Å². The summed E-state index contributed by atoms with van der Waals surface area (Å²) >= 11 is 0. The van der Waals surface area contributed by atoms with Gasteiger partial charge in [-0.05, 0) is 61.0 Å². The summed E-state index contributed by atoms with van der Waals surface area (Å²) in [5, 5.41) is 17.8. The third-order valence-corrected chi connectivity index (χ3v) is 4.93. The molecule has 3 aromatic carbocycles. The van der Waals surface area contributed by atoms with Crippen LogP contribution in [0.5, 0.6) is 23.0 Å². The molecular weight excluding hydrogens is 427 g/mol. The molecule has 8 heteroatoms. The first-order valence-electron chi connectivity index (χ1n) is 10.1. The maximum Gasteiger partial charge on any atom is 0.337 e. The number of rotatable bonds is 7. The number of aromatic hydroxyl groups is 1. The number of benzene rings is 3. The zero-order valence-corrected chi connectivity index (χ0v) is 18.0. The van der Waals surface area contributed by atoms with Gasteiger partial charge >= 0.3 is 5.97 Å². The van der Waals surface area contributed by atoms with Crippen molar-refractivity contribution in [3.63, 3.8) is 0 Å². The van der Waals surface area contributed by atoms with E-state index in [4.69, 9.17) is 14.2 Å². The average Bonchev–Trinajstić information content (AvgIpc) is 3.18. The lowest BCUT2D eigenvalue weighted by molar-refractivity contribution is 0.0600. The maximum atomic E-state index is 13.0. The van der Waals surface area contributed by atoms with Crippen molar-refractivity contribution in [1.82, 2.24) is 10.2 Å². The number of H-pyrrole nitrogens is 1. The number of halogens is 1. The molecule has 33 heavy (non-hydrogen) atoms. The molecule has 0 saturated heterocycles. The van der Waals surface area contributed by atoms with Crippen molar-refractivity contribution in [2.45, 2.75) is 13.5 Å². The van der Waals surface area contributed by atoms with Crippen molar-refractivity contribution in [2.75, 3.05) is 7.11 Å². The van der Waals surface area contributed by atoms with Gasteiger partial charge in [-0.15, -0.1) is 0 Å². The number of carbonyl (C=O) groups is 1. The second-order valence-corrected chi connectivity index (χ2v) is 7.24. The van der Waals surface area contributed by atoms with Gasteiger partial charge in [0.15, 0.2) is 5.75 Å². The summed E-state index contributed by atoms with van der Waals surface area (Å²) in [4.78, 5) is 11.6. The second kappa shape index (κ2) is 9.44. The third-order valence-electron chi connectivity index (χ3n) is 4.93. The number of phenolic OH excluding ortho intramolecular Hbond substituents is 1. The van der Waals surface area contributed by atoms with Crippen LogP contribution >= 0.6 is 0 Å². The van der Waals surface area contributed by atoms with E-state index in [1.54, 1.807) is 55.5 Å². The SMILES string of the molecule is COC(=O)c1ccc(Oc2c(-c3ccc(OCc4ccc(F)cc4)cc3O)n[nH]c2C)cc1. The molecule has 168 valence electrons. The van der Waals surface area contributed by atoms with E-state index in [0.717, 1.165) is 5.56 Å². The number of aryl methyl sites for hydroxylation is 1. The Morgan fingerprint density at radius 2 is 1.73 bits per heavy atom. The Hall–Kier alpha value is -4.33. The number of aromatic nitrogens is 2. The normalized spacial score (nSPS) is 10.6. The third kappa shape index (κ3) is 4.95. The van der Waals surface area contributed by atoms with E-state index < -0.39 is 5.97 Å². The fourth-order valence-electron chi connectivity index (χ4n) is 3.17. The molecule has 0 aliphatic rings. The molecule has 0 aliphatic carbocycles. The van der Waals surface area contributed by atoms with Crippen LogP contribution < -0.4 is 9.47 Å². The average molecular weight is 448 g/mol. The van der Waals surface area contributed by atoms with Gasteiger partial charge in [-0.25, -0.2) is 9.18 Å². The molecule has 1 heterocycles. The zero-order valence-electron chi connectivity index (χ0n) is 18.0. The van der Waals surface area contributed by atoms with Crippen molar-refractivity contribution in [3.8, 4) is 34.3 Å². The molecule has 0 fully saturated rings. The van der Waals surface area contributed by atoms with Crippen LogP contribution in [-0.2, 0) is 11.3 Å². The highest BCUT2D eigenvalue weighted by atomic mass is 19.1. The minimum absolute atomic E-state index is 0.0380. The fourth-order valence-corrected chi connectivity index (χ4v) is 3.17. The van der Waals surface area contributed by atoms with Gasteiger partial charge in [-0.3, -0.25) is 5.10 Å². The number of ether oxygens (including phenoxy) is 3. The molecule has 0 aliphatic heterocycles. The van der Waals surface area contributed by atoms with Crippen LogP contribution in [0.15, 0.2) is 66.7 Å². The highest BCUT2D eigenvalue weighted by Crippen LogP contribution is 2.39. The monoisotopic (exact) mass is 448 g/mol. The highest BCUT2D eigenvalue weighted by molar-refractivity contribution is 5.89. The van der Waals surface area contributed by atoms with Gasteiger partial charge in [0.05, 0.1) is 18.4 Å². The van der Waals surface area contributed by atoms with Crippen LogP contribution in [-0.4, -0.2) is 28.4 Å². The van der Waals surface area contributed by atoms with Crippen molar-refractivity contribution in [2.24, 2.45) is 0 Å². The lowest BCUT2D eigenvalue weighted by Gasteiger charge is -2.11. The van der Waals surface area contributed by atoms with E-state index in [1.165, 1.54) is 25.3 Å². The summed E-state index contributed by atoms with van der Waals surface area (Å²) in [5.74, 6) is 0.599. The topological polar surface area (TPSA) is 93.7 Å². The second-order valence-electron chi connectivity index (χ2n) is 7.24. The molecule has 0 spiro atoms. The van der Waals surface area contributed by atoms with Gasteiger partial charge < -0.3 is 19.3 Å². The summed E-state index contributed by atoms with van der Waals surface area (Å²) in [6.45, 7) is 2.03. The number of hydrogen-bond acceptors (Lipinski definition) is 6. The highest BCUT2D eigenvalue weighted by Gasteiger charge is 2.18.